The van der Waals surface area contributed by atoms with Gasteiger partial charge < -0.3 is 20.1 Å². The highest BCUT2D eigenvalue weighted by molar-refractivity contribution is 5.97. The van der Waals surface area contributed by atoms with Gasteiger partial charge in [-0.2, -0.15) is 0 Å². The molecule has 0 aromatic carbocycles. The van der Waals surface area contributed by atoms with E-state index in [0.717, 1.165) is 31.0 Å². The molecule has 0 saturated heterocycles. The summed E-state index contributed by atoms with van der Waals surface area (Å²) in [5.41, 5.74) is 0.996. The average Bonchev–Trinajstić information content (AvgIpc) is 2.83. The molecule has 2 rings (SSSR count). The molecule has 0 aliphatic carbocycles. The molecule has 1 unspecified atom stereocenters. The summed E-state index contributed by atoms with van der Waals surface area (Å²) in [4.78, 5) is 32.6. The molecule has 28 heavy (non-hydrogen) atoms. The summed E-state index contributed by atoms with van der Waals surface area (Å²) in [5.74, 6) is 1.18. The second-order valence-electron chi connectivity index (χ2n) is 9.43. The highest BCUT2D eigenvalue weighted by Crippen LogP contribution is 2.28. The van der Waals surface area contributed by atoms with Gasteiger partial charge in [0.15, 0.2) is 5.69 Å². The fourth-order valence-electron chi connectivity index (χ4n) is 3.60. The van der Waals surface area contributed by atoms with Crippen LogP contribution >= 0.6 is 0 Å². The van der Waals surface area contributed by atoms with Crippen LogP contribution in [0.1, 0.15) is 75.9 Å². The highest BCUT2D eigenvalue weighted by atomic mass is 16.2. The monoisotopic (exact) mass is 391 g/mol. The first-order chi connectivity index (χ1) is 13.0. The fraction of sp³-hybridized carbons (Fsp3) is 0.762. The number of hydrogen-bond acceptors (Lipinski definition) is 4. The third-order valence-electron chi connectivity index (χ3n) is 5.72. The molecule has 7 nitrogen and oxygen atoms in total. The number of carbonyl (C=O) groups is 2. The van der Waals surface area contributed by atoms with Crippen molar-refractivity contribution < 1.29 is 9.59 Å². The number of fused-ring (bicyclic) bond motifs is 1. The summed E-state index contributed by atoms with van der Waals surface area (Å²) in [6.45, 7) is 14.9. The van der Waals surface area contributed by atoms with Crippen molar-refractivity contribution in [2.75, 3.05) is 20.6 Å². The summed E-state index contributed by atoms with van der Waals surface area (Å²) in [7, 11) is 3.66. The zero-order chi connectivity index (χ0) is 21.2. The van der Waals surface area contributed by atoms with Crippen LogP contribution in [0.5, 0.6) is 0 Å². The number of rotatable bonds is 5. The second kappa shape index (κ2) is 8.64. The van der Waals surface area contributed by atoms with Crippen molar-refractivity contribution in [3.8, 4) is 0 Å². The number of aromatic nitrogens is 2. The lowest BCUT2D eigenvalue weighted by atomic mass is 9.86. The molecule has 2 N–H and O–H groups in total. The molecule has 7 heteroatoms. The molecular weight excluding hydrogens is 354 g/mol. The number of likely N-dealkylation sites (N-methyl/N-ethyl adjacent to an activating group) is 1. The van der Waals surface area contributed by atoms with Crippen LogP contribution in [0, 0.1) is 11.3 Å². The first kappa shape index (κ1) is 22.4. The van der Waals surface area contributed by atoms with Gasteiger partial charge >= 0.3 is 0 Å². The van der Waals surface area contributed by atoms with E-state index in [1.807, 2.05) is 20.8 Å². The number of nitrogens with one attached hydrogen (secondary N) is 2. The Morgan fingerprint density at radius 3 is 2.32 bits per heavy atom. The number of nitrogens with zero attached hydrogens (tertiary/aromatic N) is 3. The van der Waals surface area contributed by atoms with Gasteiger partial charge in [-0.15, -0.1) is 0 Å². The maximum Gasteiger partial charge on any atom is 0.272 e. The van der Waals surface area contributed by atoms with Crippen LogP contribution in [-0.2, 0) is 17.9 Å². The van der Waals surface area contributed by atoms with Crippen molar-refractivity contribution in [1.29, 1.82) is 0 Å². The predicted molar refractivity (Wildman–Crippen MR) is 111 cm³/mol. The molecule has 0 fully saturated rings. The van der Waals surface area contributed by atoms with Gasteiger partial charge in [0.25, 0.3) is 5.91 Å². The van der Waals surface area contributed by atoms with Crippen molar-refractivity contribution in [1.82, 2.24) is 25.1 Å². The normalized spacial score (nSPS) is 17.6. The summed E-state index contributed by atoms with van der Waals surface area (Å²) in [6.07, 6.45) is 1.03. The molecule has 0 spiro atoms. The molecule has 1 aromatic heterocycles. The lowest BCUT2D eigenvalue weighted by Gasteiger charge is -2.29. The van der Waals surface area contributed by atoms with Crippen LogP contribution in [-0.4, -0.2) is 52.9 Å². The minimum Gasteiger partial charge on any atom is -0.357 e. The molecule has 1 aromatic rings. The number of hydrogen-bond donors (Lipinski definition) is 2. The number of amides is 2. The fourth-order valence-corrected chi connectivity index (χ4v) is 3.60. The Morgan fingerprint density at radius 2 is 1.79 bits per heavy atom. The van der Waals surface area contributed by atoms with Crippen molar-refractivity contribution in [3.05, 3.63) is 17.2 Å². The molecule has 0 saturated carbocycles. The third-order valence-corrected chi connectivity index (χ3v) is 5.72. The topological polar surface area (TPSA) is 79.3 Å². The summed E-state index contributed by atoms with van der Waals surface area (Å²) in [5, 5.41) is 5.60. The van der Waals surface area contributed by atoms with E-state index in [9.17, 15) is 9.59 Å². The van der Waals surface area contributed by atoms with E-state index in [1.54, 1.807) is 7.05 Å². The van der Waals surface area contributed by atoms with E-state index >= 15 is 0 Å². The Hall–Kier alpha value is -1.89. The van der Waals surface area contributed by atoms with Crippen LogP contribution in [0.4, 0.5) is 0 Å². The molecule has 2 atom stereocenters. The predicted octanol–water partition coefficient (Wildman–Crippen LogP) is 2.37. The molecule has 158 valence electrons. The van der Waals surface area contributed by atoms with E-state index in [0.29, 0.717) is 18.2 Å². The van der Waals surface area contributed by atoms with Gasteiger partial charge in [-0.3, -0.25) is 9.59 Å². The van der Waals surface area contributed by atoms with Gasteiger partial charge in [0.1, 0.15) is 11.9 Å². The number of imidazole rings is 1. The van der Waals surface area contributed by atoms with E-state index in [4.69, 9.17) is 4.98 Å². The van der Waals surface area contributed by atoms with Crippen LogP contribution in [0.2, 0.25) is 0 Å². The van der Waals surface area contributed by atoms with Gasteiger partial charge in [0, 0.05) is 26.1 Å². The standard InChI is InChI=1S/C21H37N5O2/c1-13(2)14(3)18-23-16(15-12-25(8)10-9-11-26(15)18)19(27)24-17(20(28)22-7)21(4,5)6/h13-14,17H,9-12H2,1-8H3,(H,22,28)(H,24,27)/t14?,17-/m1/s1. The van der Waals surface area contributed by atoms with Crippen LogP contribution in [0.25, 0.3) is 0 Å². The second-order valence-corrected chi connectivity index (χ2v) is 9.43. The van der Waals surface area contributed by atoms with E-state index < -0.39 is 11.5 Å². The molecule has 2 heterocycles. The Balaban J connectivity index is 2.46. The Kier molecular flexibility index (Phi) is 6.91. The molecule has 2 amide bonds. The average molecular weight is 392 g/mol. The lowest BCUT2D eigenvalue weighted by molar-refractivity contribution is -0.124. The summed E-state index contributed by atoms with van der Waals surface area (Å²) in [6, 6.07) is -0.628. The van der Waals surface area contributed by atoms with Crippen LogP contribution in [0.15, 0.2) is 0 Å². The zero-order valence-electron chi connectivity index (χ0n) is 18.7. The minimum absolute atomic E-state index is 0.195. The molecule has 0 bridgehead atoms. The number of carbonyl (C=O) groups excluding carboxylic acids is 2. The maximum absolute atomic E-state index is 13.2. The van der Waals surface area contributed by atoms with Crippen molar-refractivity contribution in [3.63, 3.8) is 0 Å². The van der Waals surface area contributed by atoms with Crippen molar-refractivity contribution in [2.24, 2.45) is 11.3 Å². The van der Waals surface area contributed by atoms with Gasteiger partial charge in [-0.1, -0.05) is 41.5 Å². The SMILES string of the molecule is CNC(=O)[C@@H](NC(=O)c1nc(C(C)C(C)C)n2c1CN(C)CCC2)C(C)(C)C. The quantitative estimate of drug-likeness (QED) is 0.808. The molecular formula is C21H37N5O2. The Bertz CT molecular complexity index is 717. The highest BCUT2D eigenvalue weighted by Gasteiger charge is 2.35. The lowest BCUT2D eigenvalue weighted by Crippen LogP contribution is -2.53. The maximum atomic E-state index is 13.2. The van der Waals surface area contributed by atoms with Crippen LogP contribution < -0.4 is 10.6 Å². The third kappa shape index (κ3) is 4.74. The minimum atomic E-state index is -0.628. The molecule has 1 aliphatic rings. The van der Waals surface area contributed by atoms with Crippen molar-refractivity contribution >= 4 is 11.8 Å². The van der Waals surface area contributed by atoms with Crippen LogP contribution in [0.3, 0.4) is 0 Å². The summed E-state index contributed by atoms with van der Waals surface area (Å²) >= 11 is 0. The molecule has 1 aliphatic heterocycles. The van der Waals surface area contributed by atoms with Gasteiger partial charge in [0.05, 0.1) is 5.69 Å². The first-order valence-electron chi connectivity index (χ1n) is 10.3. The van der Waals surface area contributed by atoms with Gasteiger partial charge in [-0.25, -0.2) is 4.98 Å². The van der Waals surface area contributed by atoms with Gasteiger partial charge in [-0.05, 0) is 31.3 Å². The van der Waals surface area contributed by atoms with E-state index in [1.165, 1.54) is 0 Å². The van der Waals surface area contributed by atoms with E-state index in [2.05, 4.69) is 47.9 Å². The zero-order valence-corrected chi connectivity index (χ0v) is 18.7. The first-order valence-corrected chi connectivity index (χ1v) is 10.3. The molecule has 0 radical (unpaired) electrons. The summed E-state index contributed by atoms with van der Waals surface area (Å²) < 4.78 is 2.23. The Labute approximate surface area is 169 Å². The van der Waals surface area contributed by atoms with E-state index in [-0.39, 0.29) is 17.7 Å². The Morgan fingerprint density at radius 1 is 1.14 bits per heavy atom. The van der Waals surface area contributed by atoms with Gasteiger partial charge in [0.2, 0.25) is 5.91 Å². The largest absolute Gasteiger partial charge is 0.357 e. The smallest absolute Gasteiger partial charge is 0.272 e. The van der Waals surface area contributed by atoms with Crippen molar-refractivity contribution in [2.45, 2.75) is 73.0 Å².